The first-order valence-corrected chi connectivity index (χ1v) is 9.72. The molecule has 148 valence electrons. The molecule has 2 N–H and O–H groups in total. The lowest BCUT2D eigenvalue weighted by atomic mass is 10.0. The normalized spacial score (nSPS) is 11.0. The fourth-order valence-electron chi connectivity index (χ4n) is 3.10. The van der Waals surface area contributed by atoms with Crippen LogP contribution in [0, 0.1) is 13.8 Å². The van der Waals surface area contributed by atoms with Crippen LogP contribution in [0.4, 0.5) is 0 Å². The highest BCUT2D eigenvalue weighted by atomic mass is 16.2. The molecule has 0 bridgehead atoms. The van der Waals surface area contributed by atoms with Crippen LogP contribution in [0.15, 0.2) is 84.0 Å². The first kappa shape index (κ1) is 19.3. The van der Waals surface area contributed by atoms with Gasteiger partial charge in [0.05, 0.1) is 11.9 Å². The number of benzene rings is 3. The second-order valence-corrected chi connectivity index (χ2v) is 7.15. The van der Waals surface area contributed by atoms with Gasteiger partial charge in [-0.3, -0.25) is 9.89 Å². The molecule has 0 radical (unpaired) electrons. The number of aromatic amines is 1. The monoisotopic (exact) mass is 394 g/mol. The van der Waals surface area contributed by atoms with Crippen molar-refractivity contribution in [2.45, 2.75) is 13.8 Å². The van der Waals surface area contributed by atoms with Crippen LogP contribution in [0.1, 0.15) is 27.2 Å². The Labute approximate surface area is 175 Å². The number of hydrazone groups is 1. The molecule has 1 aromatic heterocycles. The summed E-state index contributed by atoms with van der Waals surface area (Å²) in [5.41, 5.74) is 10.2. The molecule has 0 spiro atoms. The average molecular weight is 394 g/mol. The van der Waals surface area contributed by atoms with Crippen molar-refractivity contribution < 1.29 is 4.79 Å². The molecule has 1 heterocycles. The molecule has 4 aromatic rings. The second kappa shape index (κ2) is 8.57. The van der Waals surface area contributed by atoms with E-state index in [9.17, 15) is 4.79 Å². The van der Waals surface area contributed by atoms with Gasteiger partial charge >= 0.3 is 0 Å². The highest BCUT2D eigenvalue weighted by Crippen LogP contribution is 2.21. The molecule has 3 aromatic carbocycles. The number of aryl methyl sites for hydroxylation is 2. The average Bonchev–Trinajstić information content (AvgIpc) is 3.27. The molecule has 0 aliphatic carbocycles. The predicted octanol–water partition coefficient (Wildman–Crippen LogP) is 5.12. The standard InChI is InChI=1S/C25H22N4O/c1-17-8-11-22(14-18(17)2)23-15-24(28-27-23)25(30)29-26-16-19-9-12-21(13-10-19)20-6-4-3-5-7-20/h3-16H,1-2H3,(H,27,28)(H,29,30)/b26-16+. The van der Waals surface area contributed by atoms with E-state index in [0.29, 0.717) is 5.69 Å². The number of rotatable bonds is 5. The SMILES string of the molecule is Cc1ccc(-c2cc(C(=O)N/N=C/c3ccc(-c4ccccc4)cc3)[nH]n2)cc1C. The summed E-state index contributed by atoms with van der Waals surface area (Å²) < 4.78 is 0. The largest absolute Gasteiger partial charge is 0.289 e. The van der Waals surface area contributed by atoms with Gasteiger partial charge in [0.25, 0.3) is 5.91 Å². The topological polar surface area (TPSA) is 70.1 Å². The minimum Gasteiger partial charge on any atom is -0.272 e. The fourth-order valence-corrected chi connectivity index (χ4v) is 3.10. The van der Waals surface area contributed by atoms with Crippen molar-refractivity contribution in [2.75, 3.05) is 0 Å². The molecule has 4 rings (SSSR count). The van der Waals surface area contributed by atoms with Gasteiger partial charge in [-0.2, -0.15) is 10.2 Å². The summed E-state index contributed by atoms with van der Waals surface area (Å²) in [6.07, 6.45) is 1.62. The molecular weight excluding hydrogens is 372 g/mol. The Kier molecular flexibility index (Phi) is 5.52. The molecule has 0 aliphatic rings. The van der Waals surface area contributed by atoms with Crippen molar-refractivity contribution in [3.63, 3.8) is 0 Å². The minimum absolute atomic E-state index is 0.338. The molecule has 1 amide bonds. The highest BCUT2D eigenvalue weighted by Gasteiger charge is 2.11. The molecule has 5 nitrogen and oxygen atoms in total. The number of hydrogen-bond donors (Lipinski definition) is 2. The Morgan fingerprint density at radius 3 is 2.30 bits per heavy atom. The van der Waals surface area contributed by atoms with Gasteiger partial charge in [0.15, 0.2) is 0 Å². The molecular formula is C25H22N4O. The van der Waals surface area contributed by atoms with Crippen LogP contribution in [0.2, 0.25) is 0 Å². The lowest BCUT2D eigenvalue weighted by Crippen LogP contribution is -2.17. The Balaban J connectivity index is 1.39. The van der Waals surface area contributed by atoms with E-state index in [1.807, 2.05) is 54.6 Å². The Morgan fingerprint density at radius 1 is 0.867 bits per heavy atom. The van der Waals surface area contributed by atoms with Gasteiger partial charge in [0.1, 0.15) is 5.69 Å². The molecule has 0 saturated heterocycles. The second-order valence-electron chi connectivity index (χ2n) is 7.15. The van der Waals surface area contributed by atoms with Crippen molar-refractivity contribution in [3.05, 3.63) is 101 Å². The van der Waals surface area contributed by atoms with Crippen LogP contribution in [0.5, 0.6) is 0 Å². The number of H-pyrrole nitrogens is 1. The van der Waals surface area contributed by atoms with Gasteiger partial charge in [0, 0.05) is 5.56 Å². The first-order chi connectivity index (χ1) is 14.6. The van der Waals surface area contributed by atoms with Crippen LogP contribution in [-0.4, -0.2) is 22.3 Å². The van der Waals surface area contributed by atoms with Gasteiger partial charge in [-0.25, -0.2) is 5.43 Å². The lowest BCUT2D eigenvalue weighted by molar-refractivity contribution is 0.0950. The summed E-state index contributed by atoms with van der Waals surface area (Å²) in [4.78, 5) is 12.3. The number of hydrogen-bond acceptors (Lipinski definition) is 3. The van der Waals surface area contributed by atoms with Gasteiger partial charge in [-0.15, -0.1) is 0 Å². The molecule has 0 atom stereocenters. The van der Waals surface area contributed by atoms with Gasteiger partial charge < -0.3 is 0 Å². The third kappa shape index (κ3) is 4.36. The van der Waals surface area contributed by atoms with E-state index >= 15 is 0 Å². The molecule has 0 unspecified atom stereocenters. The fraction of sp³-hybridized carbons (Fsp3) is 0.0800. The number of nitrogens with one attached hydrogen (secondary N) is 2. The summed E-state index contributed by atoms with van der Waals surface area (Å²) in [7, 11) is 0. The summed E-state index contributed by atoms with van der Waals surface area (Å²) in [6, 6.07) is 26.0. The van der Waals surface area contributed by atoms with Gasteiger partial charge in [-0.05, 0) is 53.8 Å². The Hall–Kier alpha value is -3.99. The summed E-state index contributed by atoms with van der Waals surface area (Å²) in [5.74, 6) is -0.338. The number of carbonyl (C=O) groups is 1. The Morgan fingerprint density at radius 2 is 1.57 bits per heavy atom. The van der Waals surface area contributed by atoms with E-state index < -0.39 is 0 Å². The zero-order valence-corrected chi connectivity index (χ0v) is 16.9. The Bertz CT molecular complexity index is 1190. The summed E-state index contributed by atoms with van der Waals surface area (Å²) in [5, 5.41) is 11.1. The number of nitrogens with zero attached hydrogens (tertiary/aromatic N) is 2. The van der Waals surface area contributed by atoms with Crippen molar-refractivity contribution >= 4 is 12.1 Å². The van der Waals surface area contributed by atoms with E-state index in [4.69, 9.17) is 0 Å². The van der Waals surface area contributed by atoms with Crippen molar-refractivity contribution in [1.29, 1.82) is 0 Å². The van der Waals surface area contributed by atoms with E-state index in [1.54, 1.807) is 12.3 Å². The zero-order valence-electron chi connectivity index (χ0n) is 16.9. The predicted molar refractivity (Wildman–Crippen MR) is 120 cm³/mol. The maximum absolute atomic E-state index is 12.3. The van der Waals surface area contributed by atoms with Crippen molar-refractivity contribution in [2.24, 2.45) is 5.10 Å². The zero-order chi connectivity index (χ0) is 20.9. The maximum Gasteiger partial charge on any atom is 0.289 e. The van der Waals surface area contributed by atoms with Gasteiger partial charge in [-0.1, -0.05) is 66.7 Å². The van der Waals surface area contributed by atoms with Crippen LogP contribution < -0.4 is 5.43 Å². The van der Waals surface area contributed by atoms with E-state index in [1.165, 1.54) is 11.1 Å². The molecule has 5 heteroatoms. The van der Waals surface area contributed by atoms with E-state index in [-0.39, 0.29) is 5.91 Å². The quantitative estimate of drug-likeness (QED) is 0.364. The van der Waals surface area contributed by atoms with Crippen LogP contribution in [0.3, 0.4) is 0 Å². The third-order valence-electron chi connectivity index (χ3n) is 5.02. The van der Waals surface area contributed by atoms with E-state index in [2.05, 4.69) is 52.8 Å². The number of aromatic nitrogens is 2. The molecule has 0 aliphatic heterocycles. The van der Waals surface area contributed by atoms with E-state index in [0.717, 1.165) is 27.9 Å². The smallest absolute Gasteiger partial charge is 0.272 e. The van der Waals surface area contributed by atoms with Crippen LogP contribution in [0.25, 0.3) is 22.4 Å². The summed E-state index contributed by atoms with van der Waals surface area (Å²) >= 11 is 0. The number of amides is 1. The molecule has 0 fully saturated rings. The maximum atomic E-state index is 12.3. The number of carbonyl (C=O) groups excluding carboxylic acids is 1. The lowest BCUT2D eigenvalue weighted by Gasteiger charge is -2.02. The highest BCUT2D eigenvalue weighted by molar-refractivity contribution is 5.94. The minimum atomic E-state index is -0.338. The molecule has 0 saturated carbocycles. The van der Waals surface area contributed by atoms with Crippen molar-refractivity contribution in [3.8, 4) is 22.4 Å². The van der Waals surface area contributed by atoms with Gasteiger partial charge in [0.2, 0.25) is 0 Å². The molecule has 30 heavy (non-hydrogen) atoms. The first-order valence-electron chi connectivity index (χ1n) is 9.72. The van der Waals surface area contributed by atoms with Crippen LogP contribution in [-0.2, 0) is 0 Å². The third-order valence-corrected chi connectivity index (χ3v) is 5.02. The van der Waals surface area contributed by atoms with Crippen molar-refractivity contribution in [1.82, 2.24) is 15.6 Å². The summed E-state index contributed by atoms with van der Waals surface area (Å²) in [6.45, 7) is 4.12. The van der Waals surface area contributed by atoms with Crippen LogP contribution >= 0.6 is 0 Å².